The molecule has 8 rings (SSSR count). The van der Waals surface area contributed by atoms with E-state index in [2.05, 4.69) is 37.6 Å². The number of nitrogens with zero attached hydrogens (tertiary/aromatic N) is 6. The van der Waals surface area contributed by atoms with E-state index < -0.39 is 12.0 Å². The van der Waals surface area contributed by atoms with Crippen LogP contribution in [0.5, 0.6) is 17.2 Å². The summed E-state index contributed by atoms with van der Waals surface area (Å²) >= 11 is 0. The highest BCUT2D eigenvalue weighted by molar-refractivity contribution is 6.02. The molecular weight excluding hydrogens is 807 g/mol. The second-order valence-electron chi connectivity index (χ2n) is 15.9. The number of aromatic nitrogens is 3. The molecule has 5 aromatic rings. The molecule has 17 heteroatoms. The normalized spacial score (nSPS) is 16.2. The molecule has 1 aromatic heterocycles. The van der Waals surface area contributed by atoms with Crippen molar-refractivity contribution in [2.75, 3.05) is 42.9 Å². The number of carbonyl (C=O) groups is 5. The van der Waals surface area contributed by atoms with E-state index in [4.69, 9.17) is 4.74 Å². The summed E-state index contributed by atoms with van der Waals surface area (Å²) < 4.78 is 7.12. The Kier molecular flexibility index (Phi) is 11.6. The highest BCUT2D eigenvalue weighted by Gasteiger charge is 2.38. The number of anilines is 2. The van der Waals surface area contributed by atoms with Gasteiger partial charge in [-0.1, -0.05) is 26.5 Å². The van der Waals surface area contributed by atoms with Crippen LogP contribution in [0, 0.1) is 0 Å². The minimum absolute atomic E-state index is 0.00852. The quantitative estimate of drug-likeness (QED) is 0.118. The van der Waals surface area contributed by atoms with Gasteiger partial charge in [-0.05, 0) is 91.6 Å². The Hall–Kier alpha value is -7.69. The zero-order valence-corrected chi connectivity index (χ0v) is 35.1. The van der Waals surface area contributed by atoms with Crippen molar-refractivity contribution in [3.63, 3.8) is 0 Å². The van der Waals surface area contributed by atoms with Gasteiger partial charge in [0.25, 0.3) is 17.7 Å². The minimum atomic E-state index is -0.710. The third kappa shape index (κ3) is 8.36. The number of ether oxygens (including phenoxy) is 1. The Morgan fingerprint density at radius 2 is 1.62 bits per heavy atom. The lowest BCUT2D eigenvalue weighted by Gasteiger charge is -2.36. The van der Waals surface area contributed by atoms with Gasteiger partial charge >= 0.3 is 6.09 Å². The van der Waals surface area contributed by atoms with Crippen molar-refractivity contribution in [2.24, 2.45) is 0 Å². The van der Waals surface area contributed by atoms with E-state index in [9.17, 15) is 34.2 Å². The molecule has 5 N–H and O–H groups in total. The molecule has 0 spiro atoms. The summed E-state index contributed by atoms with van der Waals surface area (Å²) in [4.78, 5) is 70.5. The summed E-state index contributed by atoms with van der Waals surface area (Å²) in [6.07, 6.45) is 0.0602. The fourth-order valence-corrected chi connectivity index (χ4v) is 8.23. The number of rotatable bonds is 10. The molecule has 4 heterocycles. The summed E-state index contributed by atoms with van der Waals surface area (Å²) in [6.45, 7) is 12.2. The van der Waals surface area contributed by atoms with Crippen molar-refractivity contribution in [1.29, 1.82) is 0 Å². The smallest absolute Gasteiger partial charge is 0.417 e. The molecule has 17 nitrogen and oxygen atoms in total. The van der Waals surface area contributed by atoms with Crippen LogP contribution in [-0.2, 0) is 11.3 Å². The second kappa shape index (κ2) is 17.4. The number of piperidine rings is 1. The summed E-state index contributed by atoms with van der Waals surface area (Å²) in [7, 11) is 0. The number of amides is 5. The number of fused-ring (bicyclic) bond motifs is 1. The summed E-state index contributed by atoms with van der Waals surface area (Å²) in [5.74, 6) is -0.785. The van der Waals surface area contributed by atoms with Crippen LogP contribution >= 0.6 is 0 Å². The largest absolute Gasteiger partial charge is 0.508 e. The van der Waals surface area contributed by atoms with E-state index >= 15 is 0 Å². The number of phenolic OH excluding ortho intramolecular Hbond substituents is 2. The van der Waals surface area contributed by atoms with Gasteiger partial charge in [-0.2, -0.15) is 0 Å². The zero-order valence-electron chi connectivity index (χ0n) is 35.1. The van der Waals surface area contributed by atoms with E-state index in [0.717, 1.165) is 5.69 Å². The van der Waals surface area contributed by atoms with Crippen LogP contribution in [0.4, 0.5) is 16.2 Å². The molecule has 63 heavy (non-hydrogen) atoms. The lowest BCUT2D eigenvalue weighted by Crippen LogP contribution is -2.48. The number of carbonyl (C=O) groups excluding carboxylic acids is 5. The topological polar surface area (TPSA) is 212 Å². The number of benzene rings is 4. The lowest BCUT2D eigenvalue weighted by molar-refractivity contribution is -0.121. The highest BCUT2D eigenvalue weighted by atomic mass is 16.6. The molecule has 1 unspecified atom stereocenters. The van der Waals surface area contributed by atoms with E-state index in [1.54, 1.807) is 77.4 Å². The Bertz CT molecular complexity index is 2630. The van der Waals surface area contributed by atoms with Gasteiger partial charge in [0.15, 0.2) is 5.82 Å². The van der Waals surface area contributed by atoms with Gasteiger partial charge in [0.2, 0.25) is 11.7 Å². The van der Waals surface area contributed by atoms with E-state index in [1.165, 1.54) is 10.6 Å². The van der Waals surface area contributed by atoms with E-state index in [1.807, 2.05) is 26.0 Å². The fraction of sp³-hybridized carbons (Fsp3) is 0.283. The van der Waals surface area contributed by atoms with Crippen molar-refractivity contribution in [2.45, 2.75) is 52.1 Å². The van der Waals surface area contributed by atoms with Gasteiger partial charge in [0.05, 0.1) is 11.6 Å². The van der Waals surface area contributed by atoms with Crippen LogP contribution in [-0.4, -0.2) is 103 Å². The number of piperazine rings is 1. The SMILES string of the molecule is C=C1NC(=O)CCC1N1Cc2c(NC(=O)Oc3ccc(N4CCN(C(=O)c5ccc(-n6c(C(=O)NCC)nnc6-c6cc(C(C)C)c(O)cc6O)cc5)CC4)cc3)cccc2C1=O. The van der Waals surface area contributed by atoms with Crippen LogP contribution in [0.3, 0.4) is 0 Å². The maximum atomic E-state index is 13.7. The summed E-state index contributed by atoms with van der Waals surface area (Å²) in [5, 5.41) is 38.0. The standard InChI is InChI=1S/C46H47N9O8/c1-5-47-43(59)42-51-50-41(34-23-33(26(2)3)38(56)24-39(34)57)55(42)30-11-9-28(10-12-30)44(60)53-21-19-52(20-22-53)29-13-15-31(16-14-29)63-46(62)49-36-8-6-7-32-35(36)25-54(45(32)61)37-17-18-40(58)48-27(37)4/h6-16,23-24,26,37,56-57H,4-5,17-22,25H2,1-3H3,(H,47,59)(H,48,58)(H,49,62). The molecule has 0 aliphatic carbocycles. The molecule has 1 atom stereocenters. The predicted octanol–water partition coefficient (Wildman–Crippen LogP) is 5.54. The maximum Gasteiger partial charge on any atom is 0.417 e. The highest BCUT2D eigenvalue weighted by Crippen LogP contribution is 2.39. The maximum absolute atomic E-state index is 13.7. The molecule has 0 bridgehead atoms. The number of phenols is 2. The lowest BCUT2D eigenvalue weighted by atomic mass is 9.98. The Balaban J connectivity index is 0.884. The van der Waals surface area contributed by atoms with Gasteiger partial charge in [0, 0.05) is 91.2 Å². The van der Waals surface area contributed by atoms with E-state index in [-0.39, 0.29) is 64.9 Å². The number of aromatic hydroxyl groups is 2. The molecule has 0 saturated carbocycles. The molecule has 324 valence electrons. The molecule has 4 aromatic carbocycles. The number of hydrogen-bond acceptors (Lipinski definition) is 11. The average Bonchev–Trinajstić information content (AvgIpc) is 3.86. The summed E-state index contributed by atoms with van der Waals surface area (Å²) in [6, 6.07) is 21.5. The Labute approximate surface area is 363 Å². The first kappa shape index (κ1) is 42.0. The monoisotopic (exact) mass is 853 g/mol. The zero-order chi connectivity index (χ0) is 44.5. The Morgan fingerprint density at radius 1 is 0.905 bits per heavy atom. The van der Waals surface area contributed by atoms with Crippen molar-refractivity contribution >= 4 is 41.1 Å². The van der Waals surface area contributed by atoms with Crippen LogP contribution in [0.1, 0.15) is 82.0 Å². The first-order valence-corrected chi connectivity index (χ1v) is 20.8. The first-order valence-electron chi connectivity index (χ1n) is 20.8. The molecule has 2 fully saturated rings. The van der Waals surface area contributed by atoms with Crippen molar-refractivity contribution in [1.82, 2.24) is 35.2 Å². The molecule has 3 aliphatic heterocycles. The van der Waals surface area contributed by atoms with Crippen molar-refractivity contribution < 1.29 is 38.9 Å². The van der Waals surface area contributed by atoms with Crippen molar-refractivity contribution in [3.8, 4) is 34.3 Å². The average molecular weight is 854 g/mol. The minimum Gasteiger partial charge on any atom is -0.508 e. The molecule has 5 amide bonds. The van der Waals surface area contributed by atoms with Gasteiger partial charge in [-0.15, -0.1) is 10.2 Å². The van der Waals surface area contributed by atoms with Gasteiger partial charge in [0.1, 0.15) is 17.2 Å². The van der Waals surface area contributed by atoms with Gasteiger partial charge in [-0.3, -0.25) is 29.1 Å². The van der Waals surface area contributed by atoms with Crippen LogP contribution in [0.15, 0.2) is 91.1 Å². The van der Waals surface area contributed by atoms with E-state index in [0.29, 0.717) is 90.6 Å². The second-order valence-corrected chi connectivity index (χ2v) is 15.9. The fourth-order valence-electron chi connectivity index (χ4n) is 8.23. The predicted molar refractivity (Wildman–Crippen MR) is 233 cm³/mol. The molecular formula is C46H47N9O8. The van der Waals surface area contributed by atoms with Crippen LogP contribution < -0.4 is 25.6 Å². The molecule has 0 radical (unpaired) electrons. The third-order valence-corrected chi connectivity index (χ3v) is 11.5. The first-order chi connectivity index (χ1) is 30.3. The van der Waals surface area contributed by atoms with Crippen molar-refractivity contribution in [3.05, 3.63) is 119 Å². The molecule has 2 saturated heterocycles. The third-order valence-electron chi connectivity index (χ3n) is 11.5. The molecule has 3 aliphatic rings. The van der Waals surface area contributed by atoms with Crippen LogP contribution in [0.2, 0.25) is 0 Å². The Morgan fingerprint density at radius 3 is 2.30 bits per heavy atom. The van der Waals surface area contributed by atoms with Gasteiger partial charge in [-0.25, -0.2) is 4.79 Å². The van der Waals surface area contributed by atoms with Crippen LogP contribution in [0.25, 0.3) is 17.1 Å². The number of hydrogen-bond donors (Lipinski definition) is 5. The summed E-state index contributed by atoms with van der Waals surface area (Å²) in [5.41, 5.74) is 4.79. The van der Waals surface area contributed by atoms with Gasteiger partial charge < -0.3 is 40.3 Å². The number of nitrogens with one attached hydrogen (secondary N) is 3.